The summed E-state index contributed by atoms with van der Waals surface area (Å²) in [5, 5.41) is 3.70. The third-order valence-corrected chi connectivity index (χ3v) is 4.22. The van der Waals surface area contributed by atoms with Crippen LogP contribution in [-0.4, -0.2) is 12.6 Å². The van der Waals surface area contributed by atoms with Gasteiger partial charge in [0.2, 0.25) is 0 Å². The predicted octanol–water partition coefficient (Wildman–Crippen LogP) is 3.20. The molecule has 1 heteroatoms. The van der Waals surface area contributed by atoms with Gasteiger partial charge in [-0.25, -0.2) is 0 Å². The second-order valence-electron chi connectivity index (χ2n) is 5.43. The second kappa shape index (κ2) is 4.65. The largest absolute Gasteiger partial charge is 0.314 e. The Morgan fingerprint density at radius 1 is 1.29 bits per heavy atom. The minimum absolute atomic E-state index is 0.845. The molecule has 1 nitrogen and oxygen atoms in total. The molecule has 2 fully saturated rings. The summed E-state index contributed by atoms with van der Waals surface area (Å²) in [6.07, 6.45) is 8.92. The Bertz CT molecular complexity index is 172. The molecule has 0 aliphatic heterocycles. The third kappa shape index (κ3) is 2.50. The van der Waals surface area contributed by atoms with Crippen molar-refractivity contribution in [1.29, 1.82) is 0 Å². The Kier molecular flexibility index (Phi) is 3.48. The van der Waals surface area contributed by atoms with Gasteiger partial charge in [0.05, 0.1) is 0 Å². The first kappa shape index (κ1) is 10.5. The monoisotopic (exact) mass is 195 g/mol. The minimum atomic E-state index is 0.845. The summed E-state index contributed by atoms with van der Waals surface area (Å²) in [5.41, 5.74) is 0. The topological polar surface area (TPSA) is 12.0 Å². The van der Waals surface area contributed by atoms with Crippen LogP contribution < -0.4 is 5.32 Å². The lowest BCUT2D eigenvalue weighted by Crippen LogP contribution is -2.33. The van der Waals surface area contributed by atoms with Crippen molar-refractivity contribution in [2.45, 2.75) is 58.4 Å². The van der Waals surface area contributed by atoms with Gasteiger partial charge in [0, 0.05) is 6.04 Å². The van der Waals surface area contributed by atoms with Gasteiger partial charge in [0.25, 0.3) is 0 Å². The van der Waals surface area contributed by atoms with E-state index in [9.17, 15) is 0 Å². The molecule has 2 aliphatic carbocycles. The van der Waals surface area contributed by atoms with Crippen molar-refractivity contribution in [1.82, 2.24) is 5.32 Å². The molecule has 3 unspecified atom stereocenters. The fraction of sp³-hybridized carbons (Fsp3) is 1.00. The number of hydrogen-bond donors (Lipinski definition) is 1. The smallest absolute Gasteiger partial charge is 0.0100 e. The van der Waals surface area contributed by atoms with Gasteiger partial charge in [0.15, 0.2) is 0 Å². The van der Waals surface area contributed by atoms with Crippen LogP contribution in [0.3, 0.4) is 0 Å². The molecule has 82 valence electrons. The van der Waals surface area contributed by atoms with Crippen molar-refractivity contribution in [3.8, 4) is 0 Å². The maximum atomic E-state index is 3.70. The lowest BCUT2D eigenvalue weighted by Gasteiger charge is -2.21. The summed E-state index contributed by atoms with van der Waals surface area (Å²) in [6, 6.07) is 0.845. The molecule has 2 rings (SSSR count). The summed E-state index contributed by atoms with van der Waals surface area (Å²) in [6.45, 7) is 5.80. The average molecular weight is 195 g/mol. The van der Waals surface area contributed by atoms with Crippen LogP contribution in [-0.2, 0) is 0 Å². The van der Waals surface area contributed by atoms with Crippen molar-refractivity contribution < 1.29 is 0 Å². The molecule has 2 saturated carbocycles. The molecule has 0 saturated heterocycles. The van der Waals surface area contributed by atoms with Crippen LogP contribution in [0.2, 0.25) is 0 Å². The van der Waals surface area contributed by atoms with Crippen LogP contribution in [0.5, 0.6) is 0 Å². The second-order valence-corrected chi connectivity index (χ2v) is 5.43. The standard InChI is InChI=1S/C13H25N/c1-3-14-13(12-8-10(12)2)9-11-6-4-5-7-11/h10-14H,3-9H2,1-2H3. The van der Waals surface area contributed by atoms with Crippen LogP contribution >= 0.6 is 0 Å². The zero-order valence-electron chi connectivity index (χ0n) is 9.76. The van der Waals surface area contributed by atoms with Gasteiger partial charge in [-0.15, -0.1) is 0 Å². The van der Waals surface area contributed by atoms with E-state index in [4.69, 9.17) is 0 Å². The summed E-state index contributed by atoms with van der Waals surface area (Å²) in [4.78, 5) is 0. The van der Waals surface area contributed by atoms with Crippen LogP contribution in [0.4, 0.5) is 0 Å². The van der Waals surface area contributed by atoms with E-state index in [0.29, 0.717) is 0 Å². The van der Waals surface area contributed by atoms with E-state index in [2.05, 4.69) is 19.2 Å². The zero-order valence-corrected chi connectivity index (χ0v) is 9.76. The Hall–Kier alpha value is -0.0400. The molecule has 0 heterocycles. The van der Waals surface area contributed by atoms with Crippen molar-refractivity contribution in [2.75, 3.05) is 6.54 Å². The van der Waals surface area contributed by atoms with E-state index in [1.165, 1.54) is 38.5 Å². The number of nitrogens with one attached hydrogen (secondary N) is 1. The molecule has 0 bridgehead atoms. The van der Waals surface area contributed by atoms with Gasteiger partial charge >= 0.3 is 0 Å². The van der Waals surface area contributed by atoms with E-state index in [1.54, 1.807) is 0 Å². The highest BCUT2D eigenvalue weighted by Gasteiger charge is 2.39. The summed E-state index contributed by atoms with van der Waals surface area (Å²) < 4.78 is 0. The van der Waals surface area contributed by atoms with Crippen molar-refractivity contribution >= 4 is 0 Å². The van der Waals surface area contributed by atoms with Crippen LogP contribution in [0.1, 0.15) is 52.4 Å². The Morgan fingerprint density at radius 3 is 2.43 bits per heavy atom. The Morgan fingerprint density at radius 2 is 1.93 bits per heavy atom. The lowest BCUT2D eigenvalue weighted by atomic mass is 9.95. The molecule has 0 radical (unpaired) electrons. The van der Waals surface area contributed by atoms with Gasteiger partial charge in [-0.3, -0.25) is 0 Å². The molecule has 0 amide bonds. The normalized spacial score (nSPS) is 34.7. The van der Waals surface area contributed by atoms with E-state index in [-0.39, 0.29) is 0 Å². The Balaban J connectivity index is 1.77. The molecule has 0 aromatic carbocycles. The first-order valence-electron chi connectivity index (χ1n) is 6.54. The van der Waals surface area contributed by atoms with Crippen molar-refractivity contribution in [3.63, 3.8) is 0 Å². The van der Waals surface area contributed by atoms with Crippen molar-refractivity contribution in [3.05, 3.63) is 0 Å². The molecule has 2 aliphatic rings. The first-order chi connectivity index (χ1) is 6.81. The molecule has 0 aromatic rings. The van der Waals surface area contributed by atoms with Gasteiger partial charge in [0.1, 0.15) is 0 Å². The van der Waals surface area contributed by atoms with Crippen LogP contribution in [0, 0.1) is 17.8 Å². The zero-order chi connectivity index (χ0) is 9.97. The lowest BCUT2D eigenvalue weighted by molar-refractivity contribution is 0.354. The molecule has 3 atom stereocenters. The van der Waals surface area contributed by atoms with E-state index >= 15 is 0 Å². The molecular formula is C13H25N. The molecule has 0 spiro atoms. The SMILES string of the molecule is CCNC(CC1CCCC1)C1CC1C. The maximum absolute atomic E-state index is 3.70. The van der Waals surface area contributed by atoms with Crippen LogP contribution in [0.15, 0.2) is 0 Å². The fourth-order valence-corrected chi connectivity index (χ4v) is 3.19. The highest BCUT2D eigenvalue weighted by Crippen LogP contribution is 2.43. The van der Waals surface area contributed by atoms with Crippen LogP contribution in [0.25, 0.3) is 0 Å². The summed E-state index contributed by atoms with van der Waals surface area (Å²) >= 11 is 0. The van der Waals surface area contributed by atoms with E-state index in [1.807, 2.05) is 0 Å². The number of hydrogen-bond acceptors (Lipinski definition) is 1. The summed E-state index contributed by atoms with van der Waals surface area (Å²) in [7, 11) is 0. The van der Waals surface area contributed by atoms with Gasteiger partial charge in [-0.1, -0.05) is 39.5 Å². The minimum Gasteiger partial charge on any atom is -0.314 e. The Labute approximate surface area is 88.7 Å². The summed E-state index contributed by atoms with van der Waals surface area (Å²) in [5.74, 6) is 3.06. The molecule has 0 aromatic heterocycles. The quantitative estimate of drug-likeness (QED) is 0.710. The molecular weight excluding hydrogens is 170 g/mol. The first-order valence-corrected chi connectivity index (χ1v) is 6.54. The predicted molar refractivity (Wildman–Crippen MR) is 61.3 cm³/mol. The molecule has 1 N–H and O–H groups in total. The highest BCUT2D eigenvalue weighted by molar-refractivity contribution is 4.93. The fourth-order valence-electron chi connectivity index (χ4n) is 3.19. The third-order valence-electron chi connectivity index (χ3n) is 4.22. The van der Waals surface area contributed by atoms with Gasteiger partial charge in [-0.05, 0) is 37.1 Å². The van der Waals surface area contributed by atoms with Crippen molar-refractivity contribution in [2.24, 2.45) is 17.8 Å². The highest BCUT2D eigenvalue weighted by atomic mass is 14.9. The van der Waals surface area contributed by atoms with Gasteiger partial charge < -0.3 is 5.32 Å². The van der Waals surface area contributed by atoms with Gasteiger partial charge in [-0.2, -0.15) is 0 Å². The maximum Gasteiger partial charge on any atom is 0.0100 e. The average Bonchev–Trinajstić information content (AvgIpc) is 2.68. The number of rotatable bonds is 5. The van der Waals surface area contributed by atoms with E-state index in [0.717, 1.165) is 30.3 Å². The molecule has 14 heavy (non-hydrogen) atoms. The van der Waals surface area contributed by atoms with E-state index < -0.39 is 0 Å².